The molecule has 1 aliphatic heterocycles. The van der Waals surface area contributed by atoms with E-state index in [4.69, 9.17) is 15.2 Å². The van der Waals surface area contributed by atoms with E-state index >= 15 is 0 Å². The fraction of sp³-hybridized carbons (Fsp3) is 0.889. The van der Waals surface area contributed by atoms with Crippen molar-refractivity contribution in [2.45, 2.75) is 19.2 Å². The monoisotopic (exact) mass is 215 g/mol. The minimum Gasteiger partial charge on any atom is -0.481 e. The van der Waals surface area contributed by atoms with Crippen LogP contribution < -0.4 is 0 Å². The number of aliphatic carboxylic acids is 1. The van der Waals surface area contributed by atoms with Gasteiger partial charge in [0.05, 0.1) is 5.92 Å². The van der Waals surface area contributed by atoms with Crippen LogP contribution in [0, 0.1) is 11.8 Å². The summed E-state index contributed by atoms with van der Waals surface area (Å²) in [5.74, 6) is -0.897. The number of hydrogen-bond acceptors (Lipinski definition) is 4. The molecule has 0 radical (unpaired) electrons. The average molecular weight is 215 g/mol. The van der Waals surface area contributed by atoms with E-state index in [0.29, 0.717) is 19.3 Å². The minimum atomic E-state index is -1.27. The van der Waals surface area contributed by atoms with Gasteiger partial charge in [-0.1, -0.05) is 6.42 Å². The molecule has 1 fully saturated rings. The number of rotatable bonds is 5. The number of nitrogens with zero attached hydrogens (tertiary/aromatic N) is 1. The molecule has 0 saturated carbocycles. The van der Waals surface area contributed by atoms with Crippen molar-refractivity contribution >= 4 is 13.1 Å². The molecule has 1 saturated heterocycles. The van der Waals surface area contributed by atoms with E-state index in [2.05, 4.69) is 0 Å². The molecule has 0 bridgehead atoms. The van der Waals surface area contributed by atoms with E-state index in [9.17, 15) is 4.79 Å². The Balaban J connectivity index is 2.35. The van der Waals surface area contributed by atoms with E-state index in [1.54, 1.807) is 0 Å². The molecular formula is C9H18BNO4. The van der Waals surface area contributed by atoms with Crippen molar-refractivity contribution in [3.8, 4) is 0 Å². The first-order valence-electron chi connectivity index (χ1n) is 5.28. The molecule has 1 heterocycles. The summed E-state index contributed by atoms with van der Waals surface area (Å²) in [5, 5.41) is 26.3. The van der Waals surface area contributed by atoms with Crippen molar-refractivity contribution in [3.05, 3.63) is 0 Å². The first kappa shape index (κ1) is 12.5. The lowest BCUT2D eigenvalue weighted by molar-refractivity contribution is -0.142. The van der Waals surface area contributed by atoms with Crippen LogP contribution in [0.2, 0.25) is 6.32 Å². The van der Waals surface area contributed by atoms with Gasteiger partial charge in [0.2, 0.25) is 0 Å². The highest BCUT2D eigenvalue weighted by molar-refractivity contribution is 6.40. The van der Waals surface area contributed by atoms with Crippen LogP contribution in [0.4, 0.5) is 0 Å². The predicted octanol–water partition coefficient (Wildman–Crippen LogP) is -0.498. The van der Waals surface area contributed by atoms with Gasteiger partial charge in [0.25, 0.3) is 0 Å². The fourth-order valence-electron chi connectivity index (χ4n) is 2.22. The Bertz CT molecular complexity index is 224. The van der Waals surface area contributed by atoms with Crippen molar-refractivity contribution in [3.63, 3.8) is 0 Å². The number of carboxylic acid groups (broad SMARTS) is 1. The summed E-state index contributed by atoms with van der Waals surface area (Å²) in [6, 6.07) is 0. The highest BCUT2D eigenvalue weighted by Gasteiger charge is 2.35. The van der Waals surface area contributed by atoms with Gasteiger partial charge in [-0.05, 0) is 25.7 Å². The van der Waals surface area contributed by atoms with Crippen LogP contribution in [0.3, 0.4) is 0 Å². The second kappa shape index (κ2) is 5.49. The summed E-state index contributed by atoms with van der Waals surface area (Å²) >= 11 is 0. The maximum Gasteiger partial charge on any atom is 0.451 e. The minimum absolute atomic E-state index is 0.145. The van der Waals surface area contributed by atoms with Gasteiger partial charge < -0.3 is 20.1 Å². The molecule has 86 valence electrons. The molecule has 0 amide bonds. The normalized spacial score (nSPS) is 26.9. The van der Waals surface area contributed by atoms with Gasteiger partial charge in [-0.25, -0.2) is 0 Å². The van der Waals surface area contributed by atoms with Crippen LogP contribution in [-0.2, 0) is 4.79 Å². The summed E-state index contributed by atoms with van der Waals surface area (Å²) in [6.07, 6.45) is 1.74. The van der Waals surface area contributed by atoms with E-state index in [-0.39, 0.29) is 11.8 Å². The van der Waals surface area contributed by atoms with E-state index in [1.165, 1.54) is 0 Å². The van der Waals surface area contributed by atoms with E-state index in [1.807, 2.05) is 11.9 Å². The molecule has 0 aromatic carbocycles. The Hall–Kier alpha value is -0.585. The SMILES string of the molecule is CN1CC(CCCB(O)O)[C@H](C(=O)O)C1. The number of carboxylic acids is 1. The number of hydrogen-bond donors (Lipinski definition) is 3. The topological polar surface area (TPSA) is 81.0 Å². The maximum atomic E-state index is 10.9. The Morgan fingerprint density at radius 3 is 2.67 bits per heavy atom. The highest BCUT2D eigenvalue weighted by Crippen LogP contribution is 2.27. The molecule has 6 heteroatoms. The second-order valence-corrected chi connectivity index (χ2v) is 4.34. The largest absolute Gasteiger partial charge is 0.481 e. The first-order chi connectivity index (χ1) is 7.00. The number of likely N-dealkylation sites (tertiary alicyclic amines) is 1. The lowest BCUT2D eigenvalue weighted by Gasteiger charge is -2.13. The molecule has 1 unspecified atom stereocenters. The van der Waals surface area contributed by atoms with Gasteiger partial charge in [-0.2, -0.15) is 0 Å². The van der Waals surface area contributed by atoms with Crippen LogP contribution in [0.1, 0.15) is 12.8 Å². The summed E-state index contributed by atoms with van der Waals surface area (Å²) in [5.41, 5.74) is 0. The quantitative estimate of drug-likeness (QED) is 0.539. The van der Waals surface area contributed by atoms with Crippen molar-refractivity contribution < 1.29 is 19.9 Å². The van der Waals surface area contributed by atoms with Crippen LogP contribution in [0.15, 0.2) is 0 Å². The lowest BCUT2D eigenvalue weighted by Crippen LogP contribution is -2.22. The van der Waals surface area contributed by atoms with Crippen molar-refractivity contribution in [1.82, 2.24) is 4.90 Å². The molecule has 5 nitrogen and oxygen atoms in total. The summed E-state index contributed by atoms with van der Waals surface area (Å²) in [7, 11) is 0.643. The van der Waals surface area contributed by atoms with Crippen LogP contribution >= 0.6 is 0 Å². The highest BCUT2D eigenvalue weighted by atomic mass is 16.4. The molecule has 0 spiro atoms. The van der Waals surface area contributed by atoms with Crippen LogP contribution in [-0.4, -0.2) is 53.3 Å². The van der Waals surface area contributed by atoms with Crippen molar-refractivity contribution in [1.29, 1.82) is 0 Å². The van der Waals surface area contributed by atoms with Crippen molar-refractivity contribution in [2.24, 2.45) is 11.8 Å². The van der Waals surface area contributed by atoms with Gasteiger partial charge in [-0.3, -0.25) is 4.79 Å². The van der Waals surface area contributed by atoms with Gasteiger partial charge in [-0.15, -0.1) is 0 Å². The standard InChI is InChI=1S/C9H18BNO4/c1-11-5-7(3-2-4-10(14)15)8(6-11)9(12)13/h7-8,14-15H,2-6H2,1H3,(H,12,13)/t7?,8-/m1/s1. The predicted molar refractivity (Wildman–Crippen MR) is 56.3 cm³/mol. The second-order valence-electron chi connectivity index (χ2n) is 4.34. The molecule has 1 aliphatic rings. The molecule has 2 atom stereocenters. The van der Waals surface area contributed by atoms with Gasteiger partial charge in [0, 0.05) is 13.1 Å². The summed E-state index contributed by atoms with van der Waals surface area (Å²) in [4.78, 5) is 12.9. The molecule has 15 heavy (non-hydrogen) atoms. The molecule has 0 aromatic rings. The lowest BCUT2D eigenvalue weighted by atomic mass is 9.80. The first-order valence-corrected chi connectivity index (χ1v) is 5.28. The van der Waals surface area contributed by atoms with E-state index in [0.717, 1.165) is 13.0 Å². The molecule has 3 N–H and O–H groups in total. The Kier molecular flexibility index (Phi) is 4.57. The Morgan fingerprint density at radius 1 is 1.47 bits per heavy atom. The van der Waals surface area contributed by atoms with Crippen molar-refractivity contribution in [2.75, 3.05) is 20.1 Å². The van der Waals surface area contributed by atoms with Crippen LogP contribution in [0.25, 0.3) is 0 Å². The summed E-state index contributed by atoms with van der Waals surface area (Å²) < 4.78 is 0. The van der Waals surface area contributed by atoms with Gasteiger partial charge in [0.15, 0.2) is 0 Å². The zero-order valence-corrected chi connectivity index (χ0v) is 8.96. The zero-order chi connectivity index (χ0) is 11.4. The zero-order valence-electron chi connectivity index (χ0n) is 8.96. The number of carbonyl (C=O) groups is 1. The smallest absolute Gasteiger partial charge is 0.451 e. The molecule has 1 rings (SSSR count). The fourth-order valence-corrected chi connectivity index (χ4v) is 2.22. The summed E-state index contributed by atoms with van der Waals surface area (Å²) in [6.45, 7) is 1.39. The van der Waals surface area contributed by atoms with E-state index < -0.39 is 13.1 Å². The molecule has 0 aliphatic carbocycles. The third-order valence-corrected chi connectivity index (χ3v) is 2.98. The maximum absolute atomic E-state index is 10.9. The van der Waals surface area contributed by atoms with Gasteiger partial charge >= 0.3 is 13.1 Å². The molecule has 0 aromatic heterocycles. The third kappa shape index (κ3) is 3.81. The average Bonchev–Trinajstić information content (AvgIpc) is 2.46. The Labute approximate surface area is 89.8 Å². The molecular weight excluding hydrogens is 197 g/mol. The van der Waals surface area contributed by atoms with Crippen LogP contribution in [0.5, 0.6) is 0 Å². The Morgan fingerprint density at radius 2 is 2.13 bits per heavy atom. The third-order valence-electron chi connectivity index (χ3n) is 2.98. The van der Waals surface area contributed by atoms with Gasteiger partial charge in [0.1, 0.15) is 0 Å².